The molecule has 0 unspecified atom stereocenters. The normalized spacial score (nSPS) is 11.2. The summed E-state index contributed by atoms with van der Waals surface area (Å²) >= 11 is 6.37. The summed E-state index contributed by atoms with van der Waals surface area (Å²) in [4.78, 5) is 12.4. The van der Waals surface area contributed by atoms with Crippen molar-refractivity contribution in [3.05, 3.63) is 35.7 Å². The molecule has 0 atom stereocenters. The first-order chi connectivity index (χ1) is 10.7. The van der Waals surface area contributed by atoms with Crippen molar-refractivity contribution in [2.45, 2.75) is 32.7 Å². The zero-order chi connectivity index (χ0) is 15.5. The van der Waals surface area contributed by atoms with E-state index in [1.54, 1.807) is 23.2 Å². The molecule has 3 aromatic rings. The van der Waals surface area contributed by atoms with Gasteiger partial charge >= 0.3 is 0 Å². The molecule has 0 aliphatic heterocycles. The first-order valence-corrected chi connectivity index (χ1v) is 7.74. The molecule has 3 rings (SSSR count). The number of rotatable bonds is 5. The average Bonchev–Trinajstić information content (AvgIpc) is 2.85. The van der Waals surface area contributed by atoms with Gasteiger partial charge in [0.2, 0.25) is 0 Å². The van der Waals surface area contributed by atoms with Gasteiger partial charge in [0.1, 0.15) is 0 Å². The molecule has 0 saturated carbocycles. The van der Waals surface area contributed by atoms with Gasteiger partial charge in [-0.3, -0.25) is 9.55 Å². The Morgan fingerprint density at radius 2 is 2.00 bits per heavy atom. The molecular weight excluding hydrogens is 300 g/mol. The fourth-order valence-corrected chi connectivity index (χ4v) is 2.83. The van der Waals surface area contributed by atoms with E-state index in [9.17, 15) is 5.11 Å². The van der Waals surface area contributed by atoms with Crippen LogP contribution < -0.4 is 0 Å². The van der Waals surface area contributed by atoms with E-state index in [-0.39, 0.29) is 6.01 Å². The first-order valence-electron chi connectivity index (χ1n) is 7.36. The quantitative estimate of drug-likeness (QED) is 0.721. The molecule has 0 saturated heterocycles. The van der Waals surface area contributed by atoms with Crippen molar-refractivity contribution in [3.8, 4) is 17.1 Å². The summed E-state index contributed by atoms with van der Waals surface area (Å²) < 4.78 is 1.79. The Kier molecular flexibility index (Phi) is 4.24. The lowest BCUT2D eigenvalue weighted by Gasteiger charge is -2.10. The van der Waals surface area contributed by atoms with Gasteiger partial charge in [-0.25, -0.2) is 4.98 Å². The molecule has 0 aliphatic rings. The van der Waals surface area contributed by atoms with Gasteiger partial charge in [-0.05, 0) is 24.1 Å². The highest BCUT2D eigenvalue weighted by Gasteiger charge is 2.18. The van der Waals surface area contributed by atoms with E-state index >= 15 is 0 Å². The van der Waals surface area contributed by atoms with Crippen molar-refractivity contribution in [1.29, 1.82) is 0 Å². The van der Waals surface area contributed by atoms with Crippen LogP contribution in [0.3, 0.4) is 0 Å². The van der Waals surface area contributed by atoms with Gasteiger partial charge in [0, 0.05) is 30.7 Å². The summed E-state index contributed by atoms with van der Waals surface area (Å²) in [5, 5.41) is 10.7. The van der Waals surface area contributed by atoms with E-state index in [1.165, 1.54) is 0 Å². The van der Waals surface area contributed by atoms with Gasteiger partial charge in [-0.1, -0.05) is 31.4 Å². The Hall–Kier alpha value is -2.14. The third kappa shape index (κ3) is 2.64. The molecule has 0 radical (unpaired) electrons. The topological polar surface area (TPSA) is 63.8 Å². The van der Waals surface area contributed by atoms with Crippen molar-refractivity contribution in [2.75, 3.05) is 0 Å². The van der Waals surface area contributed by atoms with Crippen molar-refractivity contribution in [3.63, 3.8) is 0 Å². The van der Waals surface area contributed by atoms with E-state index in [0.29, 0.717) is 17.2 Å². The number of halogens is 1. The number of aromatic nitrogens is 4. The van der Waals surface area contributed by atoms with Gasteiger partial charge in [0.15, 0.2) is 5.65 Å². The first kappa shape index (κ1) is 14.8. The molecule has 22 heavy (non-hydrogen) atoms. The van der Waals surface area contributed by atoms with E-state index < -0.39 is 0 Å². The van der Waals surface area contributed by atoms with Gasteiger partial charge in [0.25, 0.3) is 6.01 Å². The smallest absolute Gasteiger partial charge is 0.296 e. The number of fused-ring (bicyclic) bond motifs is 1. The van der Waals surface area contributed by atoms with Crippen molar-refractivity contribution >= 4 is 22.8 Å². The highest BCUT2D eigenvalue weighted by atomic mass is 35.5. The second-order valence-electron chi connectivity index (χ2n) is 5.16. The van der Waals surface area contributed by atoms with Crippen LogP contribution in [0.5, 0.6) is 6.01 Å². The molecule has 6 heteroatoms. The van der Waals surface area contributed by atoms with Crippen LogP contribution in [0.4, 0.5) is 0 Å². The van der Waals surface area contributed by atoms with Crippen molar-refractivity contribution in [2.24, 2.45) is 0 Å². The van der Waals surface area contributed by atoms with Crippen molar-refractivity contribution < 1.29 is 5.11 Å². The summed E-state index contributed by atoms with van der Waals surface area (Å²) in [5.41, 5.74) is 3.04. The fourth-order valence-electron chi connectivity index (χ4n) is 2.59. The number of aryl methyl sites for hydroxylation is 1. The molecular formula is C16H17ClN4O. The minimum atomic E-state index is -0.0174. The monoisotopic (exact) mass is 316 g/mol. The Balaban J connectivity index is 2.19. The van der Waals surface area contributed by atoms with Crippen LogP contribution in [-0.4, -0.2) is 24.6 Å². The minimum Gasteiger partial charge on any atom is -0.480 e. The molecule has 0 aromatic carbocycles. The second kappa shape index (κ2) is 6.32. The molecule has 3 heterocycles. The Morgan fingerprint density at radius 3 is 2.73 bits per heavy atom. The van der Waals surface area contributed by atoms with Crippen LogP contribution in [0, 0.1) is 0 Å². The molecule has 0 fully saturated rings. The summed E-state index contributed by atoms with van der Waals surface area (Å²) in [6.07, 6.45) is 8.19. The lowest BCUT2D eigenvalue weighted by molar-refractivity contribution is 0.397. The maximum Gasteiger partial charge on any atom is 0.296 e. The Bertz CT molecular complexity index is 786. The lowest BCUT2D eigenvalue weighted by Crippen LogP contribution is -1.99. The van der Waals surface area contributed by atoms with E-state index in [0.717, 1.165) is 35.9 Å². The van der Waals surface area contributed by atoms with E-state index in [4.69, 9.17) is 11.6 Å². The molecule has 0 amide bonds. The maximum atomic E-state index is 10.2. The number of aromatic hydroxyl groups is 1. The molecule has 0 aliphatic carbocycles. The number of hydrogen-bond donors (Lipinski definition) is 1. The standard InChI is InChI=1S/C16H17ClN4O/c1-2-3-4-9-21-14-13(11-5-7-18-8-6-11)12(17)10-19-15(14)20-16(21)22/h5-8,10H,2-4,9H2,1H3,(H,19,20,22). The number of imidazole rings is 1. The summed E-state index contributed by atoms with van der Waals surface area (Å²) in [7, 11) is 0. The predicted octanol–water partition coefficient (Wildman–Crippen LogP) is 4.04. The highest BCUT2D eigenvalue weighted by Crippen LogP contribution is 2.35. The predicted molar refractivity (Wildman–Crippen MR) is 87.0 cm³/mol. The molecule has 0 bridgehead atoms. The highest BCUT2D eigenvalue weighted by molar-refractivity contribution is 6.34. The van der Waals surface area contributed by atoms with Crippen LogP contribution in [0.25, 0.3) is 22.3 Å². The van der Waals surface area contributed by atoms with Crippen LogP contribution >= 0.6 is 11.6 Å². The average molecular weight is 317 g/mol. The Labute approximate surface area is 133 Å². The number of pyridine rings is 2. The van der Waals surface area contributed by atoms with Crippen LogP contribution in [-0.2, 0) is 6.54 Å². The van der Waals surface area contributed by atoms with Crippen LogP contribution in [0.1, 0.15) is 26.2 Å². The van der Waals surface area contributed by atoms with Gasteiger partial charge in [0.05, 0.1) is 10.5 Å². The van der Waals surface area contributed by atoms with Crippen LogP contribution in [0.15, 0.2) is 30.7 Å². The Morgan fingerprint density at radius 1 is 1.23 bits per heavy atom. The van der Waals surface area contributed by atoms with E-state index in [2.05, 4.69) is 21.9 Å². The fraction of sp³-hybridized carbons (Fsp3) is 0.312. The van der Waals surface area contributed by atoms with Crippen LogP contribution in [0.2, 0.25) is 5.02 Å². The van der Waals surface area contributed by atoms with E-state index in [1.807, 2.05) is 12.1 Å². The molecule has 0 spiro atoms. The largest absolute Gasteiger partial charge is 0.480 e. The van der Waals surface area contributed by atoms with Gasteiger partial charge in [-0.2, -0.15) is 4.98 Å². The number of unbranched alkanes of at least 4 members (excludes halogenated alkanes) is 2. The number of nitrogens with zero attached hydrogens (tertiary/aromatic N) is 4. The van der Waals surface area contributed by atoms with Crippen molar-refractivity contribution in [1.82, 2.24) is 19.5 Å². The second-order valence-corrected chi connectivity index (χ2v) is 5.57. The summed E-state index contributed by atoms with van der Waals surface area (Å²) in [5.74, 6) is 0. The molecule has 1 N–H and O–H groups in total. The molecule has 5 nitrogen and oxygen atoms in total. The third-order valence-corrected chi connectivity index (χ3v) is 3.95. The van der Waals surface area contributed by atoms with Gasteiger partial charge < -0.3 is 5.11 Å². The SMILES string of the molecule is CCCCCn1c(O)nc2ncc(Cl)c(-c3ccncc3)c21. The zero-order valence-corrected chi connectivity index (χ0v) is 13.1. The maximum absolute atomic E-state index is 10.2. The lowest BCUT2D eigenvalue weighted by atomic mass is 10.1. The minimum absolute atomic E-state index is 0.0174. The zero-order valence-electron chi connectivity index (χ0n) is 12.3. The summed E-state index contributed by atoms with van der Waals surface area (Å²) in [6.45, 7) is 2.84. The third-order valence-electron chi connectivity index (χ3n) is 3.66. The summed E-state index contributed by atoms with van der Waals surface area (Å²) in [6, 6.07) is 3.76. The number of hydrogen-bond acceptors (Lipinski definition) is 4. The molecule has 114 valence electrons. The molecule has 3 aromatic heterocycles. The van der Waals surface area contributed by atoms with Gasteiger partial charge in [-0.15, -0.1) is 0 Å².